The van der Waals surface area contributed by atoms with Crippen LogP contribution >= 0.6 is 0 Å². The predicted molar refractivity (Wildman–Crippen MR) is 279 cm³/mol. The molecule has 0 saturated carbocycles. The topological polar surface area (TPSA) is 243 Å². The van der Waals surface area contributed by atoms with E-state index in [1.54, 1.807) is 18.2 Å². The second-order valence-corrected chi connectivity index (χ2v) is 18.9. The summed E-state index contributed by atoms with van der Waals surface area (Å²) < 4.78 is 64.7. The van der Waals surface area contributed by atoms with Crippen molar-refractivity contribution in [2.24, 2.45) is 0 Å². The summed E-state index contributed by atoms with van der Waals surface area (Å²) in [6, 6.07) is 37.7. The average Bonchev–Trinajstić information content (AvgIpc) is 3.34. The lowest BCUT2D eigenvalue weighted by molar-refractivity contribution is 0.111. The summed E-state index contributed by atoms with van der Waals surface area (Å²) >= 11 is 0. The zero-order valence-electron chi connectivity index (χ0n) is 39.2. The first-order valence-electron chi connectivity index (χ1n) is 21.7. The normalized spacial score (nSPS) is 11.2. The van der Waals surface area contributed by atoms with Crippen LogP contribution in [0.25, 0.3) is 54.7 Å². The molecule has 6 N–H and O–H groups in total. The zero-order chi connectivity index (χ0) is 51.1. The monoisotopic (exact) mass is 984 g/mol. The van der Waals surface area contributed by atoms with Gasteiger partial charge in [0.25, 0.3) is 20.2 Å². The number of nitrogens with two attached hydrogens (primary N) is 1. The lowest BCUT2D eigenvalue weighted by atomic mass is 9.98. The maximum Gasteiger partial charge on any atom is 0.295 e. The van der Waals surface area contributed by atoms with E-state index in [0.717, 1.165) is 63.2 Å². The Kier molecular flexibility index (Phi) is 15.9. The summed E-state index contributed by atoms with van der Waals surface area (Å²) in [6.45, 7) is 5.59. The van der Waals surface area contributed by atoms with Gasteiger partial charge in [-0.1, -0.05) is 78.9 Å². The first-order valence-corrected chi connectivity index (χ1v) is 24.6. The SMILES string of the molecule is CCNc1cc(N(C)C)ccc1N.CCn1c2c(C=O)c(=O)c3ccccc3c-2nc2ccc(N(C)C)cc21.O=Cc1ccc2ccccc2c1O.O=S(=O)(O)c1cccc2c(S(=O)(=O)O)cccc12. The van der Waals surface area contributed by atoms with Gasteiger partial charge in [-0.3, -0.25) is 23.5 Å². The molecule has 0 unspecified atom stereocenters. The Bertz CT molecular complexity index is 3600. The number of hydrogen-bond acceptors (Lipinski definition) is 13. The number of phenols is 1. The molecular weight excluding hydrogens is 933 g/mol. The highest BCUT2D eigenvalue weighted by Gasteiger charge is 2.23. The molecular formula is C52H52N6O10S2. The first kappa shape index (κ1) is 51.5. The number of carbonyl (C=O) groups excluding carboxylic acids is 2. The van der Waals surface area contributed by atoms with E-state index in [2.05, 4.69) is 23.2 Å². The molecule has 0 bridgehead atoms. The van der Waals surface area contributed by atoms with Gasteiger partial charge in [0.1, 0.15) is 15.5 Å². The lowest BCUT2D eigenvalue weighted by Crippen LogP contribution is -2.18. The molecule has 0 atom stereocenters. The van der Waals surface area contributed by atoms with Crippen molar-refractivity contribution in [1.29, 1.82) is 0 Å². The number of carbonyl (C=O) groups is 2. The zero-order valence-corrected chi connectivity index (χ0v) is 40.8. The Morgan fingerprint density at radius 1 is 0.657 bits per heavy atom. The Morgan fingerprint density at radius 3 is 1.74 bits per heavy atom. The summed E-state index contributed by atoms with van der Waals surface area (Å²) in [5.74, 6) is 0.0631. The number of fused-ring (bicyclic) bond motifs is 6. The molecule has 1 heterocycles. The molecule has 7 aromatic rings. The lowest BCUT2D eigenvalue weighted by Gasteiger charge is -2.21. The van der Waals surface area contributed by atoms with E-state index in [-0.39, 0.29) is 27.5 Å². The van der Waals surface area contributed by atoms with Gasteiger partial charge in [0.15, 0.2) is 18.0 Å². The van der Waals surface area contributed by atoms with Crippen molar-refractivity contribution in [3.8, 4) is 17.1 Å². The number of aldehydes is 2. The maximum absolute atomic E-state index is 12.9. The minimum absolute atomic E-state index is 0.0233. The molecule has 7 aromatic carbocycles. The molecule has 0 amide bonds. The molecule has 18 heteroatoms. The summed E-state index contributed by atoms with van der Waals surface area (Å²) in [4.78, 5) is 43.3. The third-order valence-electron chi connectivity index (χ3n) is 11.2. The van der Waals surface area contributed by atoms with Gasteiger partial charge < -0.3 is 30.5 Å². The highest BCUT2D eigenvalue weighted by molar-refractivity contribution is 7.86. The van der Waals surface area contributed by atoms with Gasteiger partial charge in [-0.05, 0) is 73.8 Å². The highest BCUT2D eigenvalue weighted by Crippen LogP contribution is 2.34. The van der Waals surface area contributed by atoms with Crippen LogP contribution in [-0.2, 0) is 26.8 Å². The van der Waals surface area contributed by atoms with Gasteiger partial charge in [0.2, 0.25) is 0 Å². The van der Waals surface area contributed by atoms with Crippen molar-refractivity contribution in [2.75, 3.05) is 55.6 Å². The quantitative estimate of drug-likeness (QED) is 0.0298. The van der Waals surface area contributed by atoms with E-state index in [0.29, 0.717) is 46.8 Å². The predicted octanol–water partition coefficient (Wildman–Crippen LogP) is 9.01. The van der Waals surface area contributed by atoms with Crippen molar-refractivity contribution < 1.29 is 40.6 Å². The molecule has 1 aliphatic heterocycles. The molecule has 0 aromatic heterocycles. The summed E-state index contributed by atoms with van der Waals surface area (Å²) in [5.41, 5.74) is 13.1. The minimum atomic E-state index is -4.47. The summed E-state index contributed by atoms with van der Waals surface area (Å²) in [6.07, 6.45) is 1.31. The summed E-state index contributed by atoms with van der Waals surface area (Å²) in [5, 5.41) is 15.8. The van der Waals surface area contributed by atoms with Gasteiger partial charge in [-0.15, -0.1) is 0 Å². The fraction of sp³-hybridized carbons (Fsp3) is 0.154. The van der Waals surface area contributed by atoms with Gasteiger partial charge >= 0.3 is 0 Å². The number of hydrogen-bond donors (Lipinski definition) is 5. The van der Waals surface area contributed by atoms with E-state index < -0.39 is 30.0 Å². The molecule has 1 aliphatic carbocycles. The molecule has 0 fully saturated rings. The standard InChI is InChI=1S/C21H19N3O2.C11H8O2.C10H17N3.C10H8O6S2/c1-4-24-18-11-13(23(2)3)9-10-17(18)22-19-14-7-5-6-8-15(14)21(26)16(12-25)20(19)24;12-7-9-6-5-8-3-1-2-4-10(8)11(9)13;1-4-12-10-7-8(13(2)3)5-6-9(10)11;11-17(12,13)9-5-1-3-7-8(9)4-2-6-10(7)18(14,15)16/h5-12H,4H2,1-3H3;1-7,13H;5-7,12H,4,11H2,1-3H3;1-6H,(H,11,12,13)(H,14,15,16). The van der Waals surface area contributed by atoms with E-state index >= 15 is 0 Å². The van der Waals surface area contributed by atoms with Crippen molar-refractivity contribution in [1.82, 2.24) is 9.55 Å². The van der Waals surface area contributed by atoms with Crippen LogP contribution in [0.5, 0.6) is 5.75 Å². The highest BCUT2D eigenvalue weighted by atomic mass is 32.2. The van der Waals surface area contributed by atoms with Gasteiger partial charge in [-0.2, -0.15) is 16.8 Å². The molecule has 16 nitrogen and oxygen atoms in total. The second-order valence-electron chi connectivity index (χ2n) is 16.1. The van der Waals surface area contributed by atoms with Crippen LogP contribution in [0, 0.1) is 0 Å². The number of nitrogens with zero attached hydrogens (tertiary/aromatic N) is 4. The number of aromatic nitrogens is 2. The van der Waals surface area contributed by atoms with E-state index in [1.807, 2.05) is 117 Å². The number of aryl methyl sites for hydroxylation is 1. The largest absolute Gasteiger partial charge is 0.507 e. The Labute approximate surface area is 405 Å². The van der Waals surface area contributed by atoms with Crippen molar-refractivity contribution in [3.05, 3.63) is 155 Å². The minimum Gasteiger partial charge on any atom is -0.507 e. The molecule has 2 aliphatic rings. The third-order valence-corrected chi connectivity index (χ3v) is 13.1. The number of nitrogen functional groups attached to an aromatic ring is 1. The van der Waals surface area contributed by atoms with E-state index in [9.17, 15) is 36.3 Å². The Morgan fingerprint density at radius 2 is 1.20 bits per heavy atom. The van der Waals surface area contributed by atoms with Crippen LogP contribution in [0.4, 0.5) is 22.7 Å². The van der Waals surface area contributed by atoms with Crippen LogP contribution < -0.4 is 26.3 Å². The number of anilines is 4. The number of nitrogens with one attached hydrogen (secondary N) is 1. The van der Waals surface area contributed by atoms with Gasteiger partial charge in [-0.25, -0.2) is 4.98 Å². The van der Waals surface area contributed by atoms with Crippen LogP contribution in [0.3, 0.4) is 0 Å². The first-order chi connectivity index (χ1) is 33.2. The van der Waals surface area contributed by atoms with Crippen LogP contribution in [0.15, 0.2) is 148 Å². The van der Waals surface area contributed by atoms with Crippen LogP contribution in [-0.4, -0.2) is 87.9 Å². The molecule has 0 spiro atoms. The van der Waals surface area contributed by atoms with Crippen molar-refractivity contribution in [2.45, 2.75) is 30.2 Å². The van der Waals surface area contributed by atoms with E-state index in [1.165, 1.54) is 24.3 Å². The fourth-order valence-electron chi connectivity index (χ4n) is 7.80. The molecule has 0 saturated heterocycles. The fourth-order valence-corrected chi connectivity index (χ4v) is 9.21. The number of rotatable bonds is 9. The van der Waals surface area contributed by atoms with E-state index in [4.69, 9.17) is 19.8 Å². The molecule has 0 radical (unpaired) electrons. The summed E-state index contributed by atoms with van der Waals surface area (Å²) in [7, 11) is -0.950. The maximum atomic E-state index is 12.9. The molecule has 70 heavy (non-hydrogen) atoms. The second kappa shape index (κ2) is 21.6. The van der Waals surface area contributed by atoms with Crippen molar-refractivity contribution >= 4 is 98.9 Å². The van der Waals surface area contributed by atoms with Crippen LogP contribution in [0.1, 0.15) is 34.6 Å². The van der Waals surface area contributed by atoms with Gasteiger partial charge in [0.05, 0.1) is 44.9 Å². The third kappa shape index (κ3) is 11.0. The number of benzene rings is 8. The Hall–Kier alpha value is -7.90. The Balaban J connectivity index is 0.000000161. The van der Waals surface area contributed by atoms with Crippen LogP contribution in [0.2, 0.25) is 0 Å². The van der Waals surface area contributed by atoms with Crippen molar-refractivity contribution in [3.63, 3.8) is 0 Å². The molecule has 9 rings (SSSR count). The number of phenolic OH excluding ortho intramolecular Hbond substituents is 1. The smallest absolute Gasteiger partial charge is 0.295 e. The number of aromatic hydroxyl groups is 1. The van der Waals surface area contributed by atoms with Gasteiger partial charge in [0, 0.05) is 79.6 Å². The molecule has 362 valence electrons. The average molecular weight is 985 g/mol.